The fourth-order valence-electron chi connectivity index (χ4n) is 2.29. The number of rotatable bonds is 7. The molecule has 26 heavy (non-hydrogen) atoms. The summed E-state index contributed by atoms with van der Waals surface area (Å²) in [5.74, 6) is 0.669. The van der Waals surface area contributed by atoms with E-state index in [1.807, 2.05) is 6.92 Å². The number of alkyl halides is 3. The molecular weight excluding hydrogens is 480 g/mol. The SMILES string of the molecule is CCNC(=NCCc1nc(C(F)(F)F)cs1)NCCC1=CCOCC1.I. The van der Waals surface area contributed by atoms with Crippen molar-refractivity contribution in [3.63, 3.8) is 0 Å². The van der Waals surface area contributed by atoms with Gasteiger partial charge in [0.25, 0.3) is 0 Å². The van der Waals surface area contributed by atoms with Crippen LogP contribution >= 0.6 is 35.3 Å². The second-order valence-corrected chi connectivity index (χ2v) is 6.44. The summed E-state index contributed by atoms with van der Waals surface area (Å²) in [6.45, 7) is 5.28. The zero-order valence-corrected chi connectivity index (χ0v) is 17.7. The van der Waals surface area contributed by atoms with Crippen molar-refractivity contribution in [3.05, 3.63) is 27.7 Å². The molecule has 0 fully saturated rings. The Bertz CT molecular complexity index is 605. The van der Waals surface area contributed by atoms with E-state index in [0.29, 0.717) is 30.5 Å². The van der Waals surface area contributed by atoms with Gasteiger partial charge in [-0.25, -0.2) is 4.98 Å². The van der Waals surface area contributed by atoms with Crippen molar-refractivity contribution in [2.24, 2.45) is 4.99 Å². The minimum atomic E-state index is -4.38. The number of nitrogens with one attached hydrogen (secondary N) is 2. The molecule has 0 radical (unpaired) electrons. The van der Waals surface area contributed by atoms with Gasteiger partial charge in [-0.3, -0.25) is 4.99 Å². The Morgan fingerprint density at radius 2 is 2.15 bits per heavy atom. The van der Waals surface area contributed by atoms with Crippen molar-refractivity contribution in [1.29, 1.82) is 0 Å². The van der Waals surface area contributed by atoms with E-state index in [1.165, 1.54) is 5.57 Å². The highest BCUT2D eigenvalue weighted by atomic mass is 127. The molecule has 0 atom stereocenters. The first-order valence-electron chi connectivity index (χ1n) is 8.28. The van der Waals surface area contributed by atoms with Crippen molar-refractivity contribution in [1.82, 2.24) is 15.6 Å². The Balaban J connectivity index is 0.00000338. The fourth-order valence-corrected chi connectivity index (χ4v) is 3.09. The number of ether oxygens (including phenoxy) is 1. The van der Waals surface area contributed by atoms with E-state index < -0.39 is 11.9 Å². The molecule has 5 nitrogen and oxygen atoms in total. The Kier molecular flexibility index (Phi) is 10.5. The monoisotopic (exact) mass is 504 g/mol. The Labute approximate surface area is 172 Å². The van der Waals surface area contributed by atoms with E-state index in [-0.39, 0.29) is 24.0 Å². The average Bonchev–Trinajstić information content (AvgIpc) is 3.05. The molecule has 0 aliphatic carbocycles. The molecule has 1 aliphatic heterocycles. The molecule has 0 unspecified atom stereocenters. The van der Waals surface area contributed by atoms with Crippen molar-refractivity contribution in [3.8, 4) is 0 Å². The number of thiazole rings is 1. The van der Waals surface area contributed by atoms with Gasteiger partial charge in [-0.15, -0.1) is 35.3 Å². The number of guanidine groups is 1. The Morgan fingerprint density at radius 3 is 2.77 bits per heavy atom. The molecule has 2 N–H and O–H groups in total. The third-order valence-corrected chi connectivity index (χ3v) is 4.49. The van der Waals surface area contributed by atoms with Crippen LogP contribution < -0.4 is 10.6 Å². The molecule has 0 saturated carbocycles. The largest absolute Gasteiger partial charge is 0.434 e. The maximum absolute atomic E-state index is 12.5. The van der Waals surface area contributed by atoms with E-state index in [9.17, 15) is 13.2 Å². The molecule has 1 aromatic heterocycles. The smallest absolute Gasteiger partial charge is 0.377 e. The lowest BCUT2D eigenvalue weighted by Crippen LogP contribution is -2.38. The van der Waals surface area contributed by atoms with Crippen molar-refractivity contribution < 1.29 is 17.9 Å². The zero-order chi connectivity index (χ0) is 18.1. The van der Waals surface area contributed by atoms with Crippen LogP contribution in [0.2, 0.25) is 0 Å². The van der Waals surface area contributed by atoms with E-state index in [0.717, 1.165) is 49.3 Å². The van der Waals surface area contributed by atoms with Gasteiger partial charge in [0, 0.05) is 31.4 Å². The molecule has 0 amide bonds. The fraction of sp³-hybridized carbons (Fsp3) is 0.625. The second-order valence-electron chi connectivity index (χ2n) is 5.50. The molecule has 0 saturated heterocycles. The van der Waals surface area contributed by atoms with Crippen LogP contribution in [-0.4, -0.2) is 43.8 Å². The van der Waals surface area contributed by atoms with Gasteiger partial charge in [-0.2, -0.15) is 13.2 Å². The Morgan fingerprint density at radius 1 is 1.35 bits per heavy atom. The van der Waals surface area contributed by atoms with Crippen molar-refractivity contribution >= 4 is 41.3 Å². The highest BCUT2D eigenvalue weighted by Gasteiger charge is 2.33. The zero-order valence-electron chi connectivity index (χ0n) is 14.6. The van der Waals surface area contributed by atoms with Gasteiger partial charge < -0.3 is 15.4 Å². The lowest BCUT2D eigenvalue weighted by molar-refractivity contribution is -0.140. The average molecular weight is 504 g/mol. The molecule has 1 aromatic rings. The van der Waals surface area contributed by atoms with Gasteiger partial charge in [-0.05, 0) is 19.8 Å². The first kappa shape index (κ1) is 23.2. The summed E-state index contributed by atoms with van der Waals surface area (Å²) in [4.78, 5) is 8.01. The summed E-state index contributed by atoms with van der Waals surface area (Å²) in [6, 6.07) is 0. The van der Waals surface area contributed by atoms with Crippen LogP contribution in [-0.2, 0) is 17.3 Å². The van der Waals surface area contributed by atoms with Crippen molar-refractivity contribution in [2.75, 3.05) is 32.8 Å². The summed E-state index contributed by atoms with van der Waals surface area (Å²) in [5.41, 5.74) is 0.545. The number of aliphatic imine (C=N–C) groups is 1. The van der Waals surface area contributed by atoms with Crippen LogP contribution in [0.3, 0.4) is 0 Å². The predicted molar refractivity (Wildman–Crippen MR) is 108 cm³/mol. The summed E-state index contributed by atoms with van der Waals surface area (Å²) in [5, 5.41) is 7.87. The molecule has 1 aliphatic rings. The lowest BCUT2D eigenvalue weighted by Gasteiger charge is -2.15. The summed E-state index contributed by atoms with van der Waals surface area (Å²) >= 11 is 1.02. The van der Waals surface area contributed by atoms with E-state index >= 15 is 0 Å². The van der Waals surface area contributed by atoms with Crippen LogP contribution in [0.4, 0.5) is 13.2 Å². The van der Waals surface area contributed by atoms with Crippen LogP contribution in [0.5, 0.6) is 0 Å². The Hall–Kier alpha value is -0.880. The molecule has 2 heterocycles. The number of halogens is 4. The highest BCUT2D eigenvalue weighted by Crippen LogP contribution is 2.30. The molecule has 148 valence electrons. The quantitative estimate of drug-likeness (QED) is 0.258. The summed E-state index contributed by atoms with van der Waals surface area (Å²) in [7, 11) is 0. The standard InChI is InChI=1S/C16H23F3N4OS.HI/c1-2-20-15(21-7-3-12-5-9-24-10-6-12)22-8-4-14-23-13(11-25-14)16(17,18)19;/h5,11H,2-4,6-10H2,1H3,(H2,20,21,22);1H. The van der Waals surface area contributed by atoms with E-state index in [4.69, 9.17) is 4.74 Å². The highest BCUT2D eigenvalue weighted by molar-refractivity contribution is 14.0. The van der Waals surface area contributed by atoms with Crippen LogP contribution in [0, 0.1) is 0 Å². The number of hydrogen-bond donors (Lipinski definition) is 2. The second kappa shape index (κ2) is 11.8. The maximum atomic E-state index is 12.5. The van der Waals surface area contributed by atoms with Gasteiger partial charge >= 0.3 is 6.18 Å². The number of hydrogen-bond acceptors (Lipinski definition) is 4. The first-order chi connectivity index (χ1) is 12.0. The summed E-state index contributed by atoms with van der Waals surface area (Å²) < 4.78 is 42.9. The van der Waals surface area contributed by atoms with Gasteiger partial charge in [0.05, 0.1) is 18.2 Å². The van der Waals surface area contributed by atoms with E-state index in [2.05, 4.69) is 26.7 Å². The van der Waals surface area contributed by atoms with Crippen LogP contribution in [0.1, 0.15) is 30.5 Å². The molecule has 0 aromatic carbocycles. The summed E-state index contributed by atoms with van der Waals surface area (Å²) in [6.07, 6.45) is -0.000751. The van der Waals surface area contributed by atoms with Gasteiger partial charge in [0.15, 0.2) is 11.7 Å². The molecule has 0 bridgehead atoms. The van der Waals surface area contributed by atoms with E-state index in [1.54, 1.807) is 0 Å². The first-order valence-corrected chi connectivity index (χ1v) is 9.16. The third-order valence-electron chi connectivity index (χ3n) is 3.58. The molecule has 2 rings (SSSR count). The lowest BCUT2D eigenvalue weighted by atomic mass is 10.1. The molecular formula is C16H24F3IN4OS. The molecule has 10 heteroatoms. The number of nitrogens with zero attached hydrogens (tertiary/aromatic N) is 2. The molecule has 0 spiro atoms. The maximum Gasteiger partial charge on any atom is 0.434 e. The van der Waals surface area contributed by atoms with Crippen LogP contribution in [0.15, 0.2) is 22.0 Å². The van der Waals surface area contributed by atoms with Crippen LogP contribution in [0.25, 0.3) is 0 Å². The van der Waals surface area contributed by atoms with Gasteiger partial charge in [-0.1, -0.05) is 11.6 Å². The predicted octanol–water partition coefficient (Wildman–Crippen LogP) is 3.61. The minimum absolute atomic E-state index is 0. The third kappa shape index (κ3) is 8.21. The topological polar surface area (TPSA) is 58.5 Å². The van der Waals surface area contributed by atoms with Crippen molar-refractivity contribution in [2.45, 2.75) is 32.4 Å². The minimum Gasteiger partial charge on any atom is -0.377 e. The number of aromatic nitrogens is 1. The van der Waals surface area contributed by atoms with Gasteiger partial charge in [0.1, 0.15) is 0 Å². The van der Waals surface area contributed by atoms with Gasteiger partial charge in [0.2, 0.25) is 0 Å². The normalized spacial score (nSPS) is 15.2.